The number of carbonyl (C=O) groups is 2. The fourth-order valence-electron chi connectivity index (χ4n) is 4.36. The lowest BCUT2D eigenvalue weighted by atomic mass is 9.92. The van der Waals surface area contributed by atoms with Gasteiger partial charge in [0.15, 0.2) is 0 Å². The molecule has 4 rings (SSSR count). The maximum absolute atomic E-state index is 14.7. The van der Waals surface area contributed by atoms with E-state index in [0.29, 0.717) is 12.1 Å². The van der Waals surface area contributed by atoms with E-state index in [0.717, 1.165) is 18.3 Å². The monoisotopic (exact) mass is 584 g/mol. The molecule has 0 spiro atoms. The van der Waals surface area contributed by atoms with E-state index in [1.807, 2.05) is 0 Å². The molecule has 0 saturated heterocycles. The van der Waals surface area contributed by atoms with Gasteiger partial charge in [-0.25, -0.2) is 9.18 Å². The maximum atomic E-state index is 14.7. The van der Waals surface area contributed by atoms with E-state index in [2.05, 4.69) is 10.3 Å². The van der Waals surface area contributed by atoms with E-state index in [9.17, 15) is 35.9 Å². The van der Waals surface area contributed by atoms with Crippen LogP contribution in [0.15, 0.2) is 48.7 Å². The van der Waals surface area contributed by atoms with Crippen molar-refractivity contribution in [2.75, 3.05) is 11.9 Å². The number of hydrogen-bond acceptors (Lipinski definition) is 4. The zero-order valence-electron chi connectivity index (χ0n) is 21.3. The summed E-state index contributed by atoms with van der Waals surface area (Å²) in [6.07, 6.45) is -3.67. The Morgan fingerprint density at radius 1 is 1.05 bits per heavy atom. The Morgan fingerprint density at radius 3 is 2.27 bits per heavy atom. The third-order valence-electron chi connectivity index (χ3n) is 6.71. The van der Waals surface area contributed by atoms with Gasteiger partial charge in [0.2, 0.25) is 5.91 Å². The van der Waals surface area contributed by atoms with E-state index in [1.165, 1.54) is 25.1 Å². The number of benzene rings is 2. The van der Waals surface area contributed by atoms with Gasteiger partial charge < -0.3 is 10.1 Å². The molecular weight excluding hydrogens is 562 g/mol. The Labute approximate surface area is 230 Å². The molecule has 1 aliphatic rings. The van der Waals surface area contributed by atoms with E-state index in [4.69, 9.17) is 16.3 Å². The molecule has 1 saturated carbocycles. The van der Waals surface area contributed by atoms with Gasteiger partial charge in [-0.05, 0) is 50.1 Å². The zero-order chi connectivity index (χ0) is 29.5. The Kier molecular flexibility index (Phi) is 7.90. The van der Waals surface area contributed by atoms with Gasteiger partial charge in [-0.15, -0.1) is 0 Å². The van der Waals surface area contributed by atoms with E-state index >= 15 is 0 Å². The minimum Gasteiger partial charge on any atom is -0.462 e. The summed E-state index contributed by atoms with van der Waals surface area (Å²) in [5, 5.41) is 2.54. The summed E-state index contributed by atoms with van der Waals surface area (Å²) < 4.78 is 86.7. The van der Waals surface area contributed by atoms with Gasteiger partial charge in [0.1, 0.15) is 11.5 Å². The third-order valence-corrected chi connectivity index (χ3v) is 7.01. The number of halogens is 7. The summed E-state index contributed by atoms with van der Waals surface area (Å²) in [5.41, 5.74) is -2.88. The lowest BCUT2D eigenvalue weighted by molar-refractivity contribution is -0.137. The van der Waals surface area contributed by atoms with Crippen LogP contribution in [0.2, 0.25) is 5.02 Å². The minimum absolute atomic E-state index is 0.00268. The second-order valence-corrected chi connectivity index (χ2v) is 9.73. The zero-order valence-corrected chi connectivity index (χ0v) is 22.0. The molecule has 40 heavy (non-hydrogen) atoms. The molecule has 1 aromatic heterocycles. The average molecular weight is 585 g/mol. The summed E-state index contributed by atoms with van der Waals surface area (Å²) in [6, 6.07) is 7.05. The Bertz CT molecular complexity index is 1450. The van der Waals surface area contributed by atoms with Gasteiger partial charge in [-0.2, -0.15) is 22.0 Å². The minimum atomic E-state index is -4.74. The first kappa shape index (κ1) is 29.4. The second-order valence-electron chi connectivity index (χ2n) is 9.32. The first-order chi connectivity index (χ1) is 18.7. The van der Waals surface area contributed by atoms with Crippen LogP contribution < -0.4 is 5.32 Å². The molecule has 1 amide bonds. The van der Waals surface area contributed by atoms with Crippen molar-refractivity contribution in [3.8, 4) is 11.1 Å². The number of aromatic nitrogens is 1. The molecule has 1 N–H and O–H groups in total. The molecule has 212 valence electrons. The number of nitrogens with one attached hydrogen (secondary N) is 1. The molecule has 1 aliphatic carbocycles. The number of nitrogens with zero attached hydrogens (tertiary/aromatic N) is 1. The van der Waals surface area contributed by atoms with E-state index < -0.39 is 52.9 Å². The number of anilines is 1. The van der Waals surface area contributed by atoms with Crippen LogP contribution in [0.4, 0.5) is 32.0 Å². The van der Waals surface area contributed by atoms with Crippen molar-refractivity contribution in [1.29, 1.82) is 0 Å². The Balaban J connectivity index is 1.68. The molecule has 12 heteroatoms. The number of hydrogen-bond donors (Lipinski definition) is 1. The molecule has 0 aliphatic heterocycles. The van der Waals surface area contributed by atoms with Gasteiger partial charge in [0.25, 0.3) is 5.92 Å². The molecule has 5 nitrogen and oxygen atoms in total. The summed E-state index contributed by atoms with van der Waals surface area (Å²) in [6.45, 7) is 2.89. The normalized spacial score (nSPS) is 14.5. The smallest absolute Gasteiger partial charge is 0.416 e. The predicted molar refractivity (Wildman–Crippen MR) is 136 cm³/mol. The molecule has 1 fully saturated rings. The fourth-order valence-corrected chi connectivity index (χ4v) is 4.68. The highest BCUT2D eigenvalue weighted by Gasteiger charge is 2.53. The van der Waals surface area contributed by atoms with E-state index in [-0.39, 0.29) is 52.4 Å². The number of ether oxygens (including phenoxy) is 1. The fraction of sp³-hybridized carbons (Fsp3) is 0.321. The lowest BCUT2D eigenvalue weighted by Gasteiger charge is -2.19. The molecular formula is C28H23ClF6N2O3. The number of pyridine rings is 1. The van der Waals surface area contributed by atoms with Gasteiger partial charge in [-0.3, -0.25) is 9.78 Å². The standard InChI is InChI=1S/C28H23ClF6N2O3/c1-3-27(31,32)22-8-5-15(14-36-22)23-18(24(38)40-4-2)12-17(13-20(23)29)37-25(39)26(9-10-26)19-7-6-16(11-21(19)30)28(33,34)35/h5-8,11-14H,3-4,9-10H2,1-2H3,(H,37,39). The van der Waals surface area contributed by atoms with Crippen molar-refractivity contribution in [3.63, 3.8) is 0 Å². The van der Waals surface area contributed by atoms with Gasteiger partial charge in [-0.1, -0.05) is 30.7 Å². The van der Waals surface area contributed by atoms with Crippen molar-refractivity contribution in [2.24, 2.45) is 0 Å². The molecule has 0 bridgehead atoms. The highest BCUT2D eigenvalue weighted by molar-refractivity contribution is 6.34. The molecule has 2 aromatic carbocycles. The maximum Gasteiger partial charge on any atom is 0.416 e. The van der Waals surface area contributed by atoms with Gasteiger partial charge in [0, 0.05) is 35.0 Å². The molecule has 0 unspecified atom stereocenters. The van der Waals surface area contributed by atoms with Crippen LogP contribution in [-0.4, -0.2) is 23.5 Å². The Morgan fingerprint density at radius 2 is 1.75 bits per heavy atom. The lowest BCUT2D eigenvalue weighted by Crippen LogP contribution is -2.29. The number of carbonyl (C=O) groups excluding carboxylic acids is 2. The first-order valence-electron chi connectivity index (χ1n) is 12.3. The second kappa shape index (κ2) is 10.8. The van der Waals surface area contributed by atoms with Crippen LogP contribution >= 0.6 is 11.6 Å². The quantitative estimate of drug-likeness (QED) is 0.216. The first-order valence-corrected chi connectivity index (χ1v) is 12.7. The average Bonchev–Trinajstić information content (AvgIpc) is 3.70. The van der Waals surface area contributed by atoms with Crippen molar-refractivity contribution < 1.29 is 40.7 Å². The van der Waals surface area contributed by atoms with Crippen LogP contribution in [0.1, 0.15) is 60.3 Å². The van der Waals surface area contributed by atoms with E-state index in [1.54, 1.807) is 6.92 Å². The molecule has 3 aromatic rings. The molecule has 1 heterocycles. The number of esters is 1. The van der Waals surface area contributed by atoms with Crippen molar-refractivity contribution in [2.45, 2.75) is 50.6 Å². The molecule has 0 radical (unpaired) electrons. The van der Waals surface area contributed by atoms with Crippen LogP contribution in [0.25, 0.3) is 11.1 Å². The summed E-state index contributed by atoms with van der Waals surface area (Å²) in [7, 11) is 0. The predicted octanol–water partition coefficient (Wildman–Crippen LogP) is 7.91. The number of rotatable bonds is 8. The van der Waals surface area contributed by atoms with Crippen molar-refractivity contribution in [3.05, 3.63) is 81.9 Å². The summed E-state index contributed by atoms with van der Waals surface area (Å²) >= 11 is 6.48. The highest BCUT2D eigenvalue weighted by atomic mass is 35.5. The van der Waals surface area contributed by atoms with Gasteiger partial charge >= 0.3 is 12.1 Å². The number of alkyl halides is 5. The topological polar surface area (TPSA) is 68.3 Å². The SMILES string of the molecule is CCOC(=O)c1cc(NC(=O)C2(c3ccc(C(F)(F)F)cc3F)CC2)cc(Cl)c1-c1ccc(C(F)(F)CC)nc1. The van der Waals surface area contributed by atoms with Crippen molar-refractivity contribution in [1.82, 2.24) is 4.98 Å². The van der Waals surface area contributed by atoms with Gasteiger partial charge in [0.05, 0.1) is 28.2 Å². The Hall–Kier alpha value is -3.60. The summed E-state index contributed by atoms with van der Waals surface area (Å²) in [4.78, 5) is 29.9. The third kappa shape index (κ3) is 5.65. The van der Waals surface area contributed by atoms with Crippen LogP contribution in [0.3, 0.4) is 0 Å². The van der Waals surface area contributed by atoms with Crippen LogP contribution in [0, 0.1) is 5.82 Å². The molecule has 0 atom stereocenters. The highest BCUT2D eigenvalue weighted by Crippen LogP contribution is 2.50. The largest absolute Gasteiger partial charge is 0.462 e. The van der Waals surface area contributed by atoms with Crippen LogP contribution in [0.5, 0.6) is 0 Å². The van der Waals surface area contributed by atoms with Crippen molar-refractivity contribution >= 4 is 29.2 Å². The van der Waals surface area contributed by atoms with Crippen LogP contribution in [-0.2, 0) is 27.0 Å². The summed E-state index contributed by atoms with van der Waals surface area (Å²) in [5.74, 6) is -5.81. The number of amides is 1.